The van der Waals surface area contributed by atoms with E-state index in [-0.39, 0.29) is 12.5 Å². The van der Waals surface area contributed by atoms with Crippen LogP contribution in [0.3, 0.4) is 0 Å². The number of carbonyl (C=O) groups is 1. The van der Waals surface area contributed by atoms with Gasteiger partial charge in [0.15, 0.2) is 0 Å². The van der Waals surface area contributed by atoms with E-state index in [0.29, 0.717) is 0 Å². The van der Waals surface area contributed by atoms with Crippen LogP contribution in [0.5, 0.6) is 0 Å². The largest absolute Gasteiger partial charge is 0.368 e. The predicted molar refractivity (Wildman–Crippen MR) is 54.7 cm³/mol. The van der Waals surface area contributed by atoms with Crippen molar-refractivity contribution in [2.45, 2.75) is 39.2 Å². The normalized spacial score (nSPS) is 10.4. The second kappa shape index (κ2) is 5.42. The summed E-state index contributed by atoms with van der Waals surface area (Å²) >= 11 is 0. The van der Waals surface area contributed by atoms with Gasteiger partial charge in [0, 0.05) is 11.9 Å². The van der Waals surface area contributed by atoms with Crippen LogP contribution in [0.4, 0.5) is 0 Å². The Labute approximate surface area is 84.1 Å². The molecule has 0 bridgehead atoms. The summed E-state index contributed by atoms with van der Waals surface area (Å²) in [5.41, 5.74) is 6.20. The summed E-state index contributed by atoms with van der Waals surface area (Å²) in [5, 5.41) is 4.05. The molecule has 0 fully saturated rings. The average Bonchev–Trinajstić information content (AvgIpc) is 2.52. The molecule has 4 nitrogen and oxygen atoms in total. The second-order valence-corrected chi connectivity index (χ2v) is 3.40. The van der Waals surface area contributed by atoms with Crippen molar-refractivity contribution < 1.29 is 4.79 Å². The molecule has 2 N–H and O–H groups in total. The Morgan fingerprint density at radius 2 is 2.36 bits per heavy atom. The van der Waals surface area contributed by atoms with E-state index in [0.717, 1.165) is 18.5 Å². The van der Waals surface area contributed by atoms with E-state index in [9.17, 15) is 4.79 Å². The summed E-state index contributed by atoms with van der Waals surface area (Å²) in [5.74, 6) is -0.342. The molecule has 1 rings (SSSR count). The van der Waals surface area contributed by atoms with Gasteiger partial charge in [-0.1, -0.05) is 19.8 Å². The topological polar surface area (TPSA) is 60.9 Å². The first-order chi connectivity index (χ1) is 6.74. The standard InChI is InChI=1S/C10H17N3O/c1-2-3-4-5-9-6-7-12-13(9)8-10(11)14/h6-7H,2-5,8H2,1H3,(H2,11,14). The van der Waals surface area contributed by atoms with Crippen LogP contribution in [0.15, 0.2) is 12.3 Å². The third-order valence-electron chi connectivity index (χ3n) is 2.15. The minimum atomic E-state index is -0.342. The maximum atomic E-state index is 10.7. The van der Waals surface area contributed by atoms with Gasteiger partial charge in [-0.25, -0.2) is 0 Å². The van der Waals surface area contributed by atoms with Crippen molar-refractivity contribution in [2.24, 2.45) is 5.73 Å². The van der Waals surface area contributed by atoms with Gasteiger partial charge in [0.1, 0.15) is 6.54 Å². The molecule has 14 heavy (non-hydrogen) atoms. The Balaban J connectivity index is 2.49. The highest BCUT2D eigenvalue weighted by atomic mass is 16.1. The number of rotatable bonds is 6. The lowest BCUT2D eigenvalue weighted by Crippen LogP contribution is -2.20. The minimum absolute atomic E-state index is 0.189. The third kappa shape index (κ3) is 3.20. The lowest BCUT2D eigenvalue weighted by Gasteiger charge is -2.04. The molecule has 0 atom stereocenters. The van der Waals surface area contributed by atoms with E-state index in [1.54, 1.807) is 10.9 Å². The molecular weight excluding hydrogens is 178 g/mol. The Kier molecular flexibility index (Phi) is 4.16. The van der Waals surface area contributed by atoms with E-state index in [2.05, 4.69) is 12.0 Å². The number of hydrogen-bond donors (Lipinski definition) is 1. The van der Waals surface area contributed by atoms with Crippen molar-refractivity contribution in [3.8, 4) is 0 Å². The molecule has 0 saturated heterocycles. The molecule has 0 spiro atoms. The first-order valence-electron chi connectivity index (χ1n) is 5.03. The summed E-state index contributed by atoms with van der Waals surface area (Å²) in [4.78, 5) is 10.7. The fourth-order valence-corrected chi connectivity index (χ4v) is 1.42. The van der Waals surface area contributed by atoms with Crippen molar-refractivity contribution in [3.63, 3.8) is 0 Å². The lowest BCUT2D eigenvalue weighted by atomic mass is 10.1. The van der Waals surface area contributed by atoms with Gasteiger partial charge >= 0.3 is 0 Å². The third-order valence-corrected chi connectivity index (χ3v) is 2.15. The number of amides is 1. The van der Waals surface area contributed by atoms with Crippen molar-refractivity contribution in [3.05, 3.63) is 18.0 Å². The van der Waals surface area contributed by atoms with Gasteiger partial charge in [0.25, 0.3) is 0 Å². The van der Waals surface area contributed by atoms with E-state index in [4.69, 9.17) is 5.73 Å². The van der Waals surface area contributed by atoms with Crippen LogP contribution >= 0.6 is 0 Å². The van der Waals surface area contributed by atoms with Gasteiger partial charge in [0.2, 0.25) is 5.91 Å². The summed E-state index contributed by atoms with van der Waals surface area (Å²) in [6.45, 7) is 2.36. The molecule has 0 aliphatic rings. The average molecular weight is 195 g/mol. The van der Waals surface area contributed by atoms with Crippen molar-refractivity contribution in [1.82, 2.24) is 9.78 Å². The molecule has 0 aliphatic heterocycles. The molecular formula is C10H17N3O. The van der Waals surface area contributed by atoms with Crippen molar-refractivity contribution in [1.29, 1.82) is 0 Å². The van der Waals surface area contributed by atoms with E-state index >= 15 is 0 Å². The number of hydrogen-bond acceptors (Lipinski definition) is 2. The molecule has 1 heterocycles. The molecule has 1 aromatic heterocycles. The molecule has 0 aromatic carbocycles. The minimum Gasteiger partial charge on any atom is -0.368 e. The molecule has 0 unspecified atom stereocenters. The van der Waals surface area contributed by atoms with Crippen LogP contribution in [0.25, 0.3) is 0 Å². The van der Waals surface area contributed by atoms with E-state index in [1.807, 2.05) is 6.07 Å². The van der Waals surface area contributed by atoms with E-state index < -0.39 is 0 Å². The smallest absolute Gasteiger partial charge is 0.239 e. The van der Waals surface area contributed by atoms with Crippen LogP contribution in [-0.4, -0.2) is 15.7 Å². The fourth-order valence-electron chi connectivity index (χ4n) is 1.42. The van der Waals surface area contributed by atoms with Crippen molar-refractivity contribution >= 4 is 5.91 Å². The van der Waals surface area contributed by atoms with Gasteiger partial charge in [-0.3, -0.25) is 9.48 Å². The first-order valence-corrected chi connectivity index (χ1v) is 5.03. The fraction of sp³-hybridized carbons (Fsp3) is 0.600. The number of nitrogens with two attached hydrogens (primary N) is 1. The molecule has 0 radical (unpaired) electrons. The zero-order valence-corrected chi connectivity index (χ0v) is 8.57. The molecule has 78 valence electrons. The summed E-state index contributed by atoms with van der Waals surface area (Å²) < 4.78 is 1.68. The zero-order chi connectivity index (χ0) is 10.4. The van der Waals surface area contributed by atoms with Gasteiger partial charge in [-0.05, 0) is 18.9 Å². The Hall–Kier alpha value is -1.32. The number of aromatic nitrogens is 2. The van der Waals surface area contributed by atoms with E-state index in [1.165, 1.54) is 12.8 Å². The Morgan fingerprint density at radius 3 is 3.00 bits per heavy atom. The zero-order valence-electron chi connectivity index (χ0n) is 8.57. The molecule has 0 aliphatic carbocycles. The molecule has 0 saturated carbocycles. The van der Waals surface area contributed by atoms with Gasteiger partial charge in [-0.2, -0.15) is 5.10 Å². The first kappa shape index (κ1) is 10.8. The Morgan fingerprint density at radius 1 is 1.57 bits per heavy atom. The summed E-state index contributed by atoms with van der Waals surface area (Å²) in [6, 6.07) is 1.94. The summed E-state index contributed by atoms with van der Waals surface area (Å²) in [7, 11) is 0. The van der Waals surface area contributed by atoms with Crippen molar-refractivity contribution in [2.75, 3.05) is 0 Å². The monoisotopic (exact) mass is 195 g/mol. The lowest BCUT2D eigenvalue weighted by molar-refractivity contribution is -0.118. The van der Waals surface area contributed by atoms with Gasteiger partial charge in [-0.15, -0.1) is 0 Å². The van der Waals surface area contributed by atoms with Crippen LogP contribution in [-0.2, 0) is 17.8 Å². The molecule has 1 amide bonds. The van der Waals surface area contributed by atoms with Gasteiger partial charge in [0.05, 0.1) is 0 Å². The highest BCUT2D eigenvalue weighted by Gasteiger charge is 2.04. The number of unbranched alkanes of at least 4 members (excludes halogenated alkanes) is 2. The molecule has 1 aromatic rings. The number of nitrogens with zero attached hydrogens (tertiary/aromatic N) is 2. The maximum absolute atomic E-state index is 10.7. The SMILES string of the molecule is CCCCCc1ccnn1CC(N)=O. The predicted octanol–water partition coefficient (Wildman–Crippen LogP) is 1.10. The highest BCUT2D eigenvalue weighted by molar-refractivity contribution is 5.73. The quantitative estimate of drug-likeness (QED) is 0.691. The van der Waals surface area contributed by atoms with Crippen LogP contribution < -0.4 is 5.73 Å². The second-order valence-electron chi connectivity index (χ2n) is 3.40. The van der Waals surface area contributed by atoms with Crippen LogP contribution in [0.2, 0.25) is 0 Å². The van der Waals surface area contributed by atoms with Gasteiger partial charge < -0.3 is 5.73 Å². The number of primary amides is 1. The number of carbonyl (C=O) groups excluding carboxylic acids is 1. The van der Waals surface area contributed by atoms with Crippen LogP contribution in [0.1, 0.15) is 31.9 Å². The number of aryl methyl sites for hydroxylation is 1. The summed E-state index contributed by atoms with van der Waals surface area (Å²) in [6.07, 6.45) is 6.23. The highest BCUT2D eigenvalue weighted by Crippen LogP contribution is 2.05. The van der Waals surface area contributed by atoms with Crippen LogP contribution in [0, 0.1) is 0 Å². The molecule has 4 heteroatoms. The maximum Gasteiger partial charge on any atom is 0.239 e. The Bertz CT molecular complexity index is 293.